The fourth-order valence-electron chi connectivity index (χ4n) is 3.42. The van der Waals surface area contributed by atoms with Crippen molar-refractivity contribution in [2.45, 2.75) is 12.8 Å². The van der Waals surface area contributed by atoms with Gasteiger partial charge in [-0.05, 0) is 48.4 Å². The van der Waals surface area contributed by atoms with Gasteiger partial charge in [-0.2, -0.15) is 0 Å². The van der Waals surface area contributed by atoms with Gasteiger partial charge in [-0.3, -0.25) is 4.79 Å². The summed E-state index contributed by atoms with van der Waals surface area (Å²) in [6.45, 7) is 3.37. The lowest BCUT2D eigenvalue weighted by atomic mass is 10.1. The van der Waals surface area contributed by atoms with Crippen LogP contribution < -0.4 is 10.2 Å². The molecule has 1 fully saturated rings. The minimum Gasteiger partial charge on any atom is -0.378 e. The van der Waals surface area contributed by atoms with Crippen molar-refractivity contribution in [2.24, 2.45) is 0 Å². The van der Waals surface area contributed by atoms with Crippen LogP contribution in [0.3, 0.4) is 0 Å². The van der Waals surface area contributed by atoms with Gasteiger partial charge in [0.15, 0.2) is 0 Å². The Morgan fingerprint density at radius 3 is 2.69 bits per heavy atom. The van der Waals surface area contributed by atoms with E-state index in [-0.39, 0.29) is 5.91 Å². The fraction of sp³-hybridized carbons (Fsp3) is 0.286. The quantitative estimate of drug-likeness (QED) is 0.740. The molecule has 134 valence electrons. The smallest absolute Gasteiger partial charge is 0.224 e. The highest BCUT2D eigenvalue weighted by molar-refractivity contribution is 5.91. The van der Waals surface area contributed by atoms with E-state index >= 15 is 0 Å². The second kappa shape index (κ2) is 7.62. The minimum atomic E-state index is 0.0386. The topological polar surface area (TPSA) is 57.4 Å². The summed E-state index contributed by atoms with van der Waals surface area (Å²) in [5.41, 5.74) is 4.32. The molecule has 0 radical (unpaired) electrons. The summed E-state index contributed by atoms with van der Waals surface area (Å²) < 4.78 is 5.38. The number of morpholine rings is 1. The Hall–Kier alpha value is -2.79. The number of carbonyl (C=O) groups is 1. The van der Waals surface area contributed by atoms with Crippen LogP contribution >= 0.6 is 0 Å². The van der Waals surface area contributed by atoms with Gasteiger partial charge in [-0.25, -0.2) is 0 Å². The number of H-pyrrole nitrogens is 1. The van der Waals surface area contributed by atoms with Gasteiger partial charge in [0.05, 0.1) is 13.2 Å². The van der Waals surface area contributed by atoms with Crippen molar-refractivity contribution in [3.05, 3.63) is 60.3 Å². The van der Waals surface area contributed by atoms with Crippen LogP contribution in [-0.4, -0.2) is 37.2 Å². The second-order valence-electron chi connectivity index (χ2n) is 6.55. The number of carbonyl (C=O) groups excluding carboxylic acids is 1. The molecule has 5 heteroatoms. The summed E-state index contributed by atoms with van der Waals surface area (Å²) in [5.74, 6) is 0.0386. The van der Waals surface area contributed by atoms with Gasteiger partial charge < -0.3 is 19.9 Å². The van der Waals surface area contributed by atoms with Crippen LogP contribution in [0.15, 0.2) is 54.7 Å². The Morgan fingerprint density at radius 2 is 1.88 bits per heavy atom. The van der Waals surface area contributed by atoms with Gasteiger partial charge in [0.2, 0.25) is 5.91 Å². The Balaban J connectivity index is 1.33. The molecular weight excluding hydrogens is 326 g/mol. The van der Waals surface area contributed by atoms with Crippen molar-refractivity contribution in [3.8, 4) is 0 Å². The number of nitrogens with zero attached hydrogens (tertiary/aromatic N) is 1. The van der Waals surface area contributed by atoms with E-state index in [1.807, 2.05) is 24.4 Å². The average Bonchev–Trinajstić information content (AvgIpc) is 3.17. The number of hydrogen-bond donors (Lipinski definition) is 2. The van der Waals surface area contributed by atoms with Crippen molar-refractivity contribution in [3.63, 3.8) is 0 Å². The highest BCUT2D eigenvalue weighted by Gasteiger charge is 2.11. The van der Waals surface area contributed by atoms with E-state index in [1.54, 1.807) is 0 Å². The number of aromatic nitrogens is 1. The van der Waals surface area contributed by atoms with Crippen LogP contribution in [0.2, 0.25) is 0 Å². The third-order valence-electron chi connectivity index (χ3n) is 4.83. The Kier molecular flexibility index (Phi) is 4.88. The SMILES string of the molecule is O=C(CCc1cccc2[nH]ccc12)Nc1ccc(N2CCOCC2)cc1. The Bertz CT molecular complexity index is 880. The number of hydrogen-bond acceptors (Lipinski definition) is 3. The predicted molar refractivity (Wildman–Crippen MR) is 105 cm³/mol. The molecule has 26 heavy (non-hydrogen) atoms. The third-order valence-corrected chi connectivity index (χ3v) is 4.83. The van der Waals surface area contributed by atoms with Crippen molar-refractivity contribution in [1.82, 2.24) is 4.98 Å². The summed E-state index contributed by atoms with van der Waals surface area (Å²) in [6, 6.07) is 16.3. The van der Waals surface area contributed by atoms with Crippen LogP contribution in [0.1, 0.15) is 12.0 Å². The van der Waals surface area contributed by atoms with Gasteiger partial charge in [0, 0.05) is 48.0 Å². The molecule has 4 rings (SSSR count). The summed E-state index contributed by atoms with van der Waals surface area (Å²) in [7, 11) is 0. The Morgan fingerprint density at radius 1 is 1.08 bits per heavy atom. The summed E-state index contributed by atoms with van der Waals surface area (Å²) >= 11 is 0. The van der Waals surface area contributed by atoms with Gasteiger partial charge in [-0.1, -0.05) is 12.1 Å². The zero-order valence-corrected chi connectivity index (χ0v) is 14.7. The van der Waals surface area contributed by atoms with E-state index in [1.165, 1.54) is 16.6 Å². The first-order chi connectivity index (χ1) is 12.8. The van der Waals surface area contributed by atoms with E-state index < -0.39 is 0 Å². The first-order valence-electron chi connectivity index (χ1n) is 9.07. The zero-order valence-electron chi connectivity index (χ0n) is 14.7. The van der Waals surface area contributed by atoms with Crippen LogP contribution in [0, 0.1) is 0 Å². The van der Waals surface area contributed by atoms with Crippen LogP contribution in [0.4, 0.5) is 11.4 Å². The Labute approximate surface area is 153 Å². The molecule has 2 heterocycles. The van der Waals surface area contributed by atoms with Crippen molar-refractivity contribution < 1.29 is 9.53 Å². The van der Waals surface area contributed by atoms with Crippen LogP contribution in [-0.2, 0) is 16.0 Å². The maximum absolute atomic E-state index is 12.3. The summed E-state index contributed by atoms with van der Waals surface area (Å²) in [6.07, 6.45) is 3.13. The van der Waals surface area contributed by atoms with Crippen LogP contribution in [0.25, 0.3) is 10.9 Å². The normalized spacial score (nSPS) is 14.5. The fourth-order valence-corrected chi connectivity index (χ4v) is 3.42. The molecule has 0 saturated carbocycles. The van der Waals surface area contributed by atoms with E-state index in [0.717, 1.165) is 43.9 Å². The minimum absolute atomic E-state index is 0.0386. The maximum Gasteiger partial charge on any atom is 0.224 e. The molecule has 0 spiro atoms. The highest BCUT2D eigenvalue weighted by Crippen LogP contribution is 2.21. The lowest BCUT2D eigenvalue weighted by Crippen LogP contribution is -2.36. The molecule has 5 nitrogen and oxygen atoms in total. The molecular formula is C21H23N3O2. The van der Waals surface area contributed by atoms with Gasteiger partial charge >= 0.3 is 0 Å². The molecule has 0 bridgehead atoms. The number of anilines is 2. The van der Waals surface area contributed by atoms with E-state index in [2.05, 4.69) is 45.5 Å². The van der Waals surface area contributed by atoms with Gasteiger partial charge in [-0.15, -0.1) is 0 Å². The lowest BCUT2D eigenvalue weighted by molar-refractivity contribution is -0.116. The summed E-state index contributed by atoms with van der Waals surface area (Å²) in [5, 5.41) is 4.18. The number of ether oxygens (including phenoxy) is 1. The molecule has 0 unspecified atom stereocenters. The molecule has 2 aromatic carbocycles. The molecule has 0 atom stereocenters. The van der Waals surface area contributed by atoms with Crippen molar-refractivity contribution >= 4 is 28.2 Å². The first kappa shape index (κ1) is 16.7. The summed E-state index contributed by atoms with van der Waals surface area (Å²) in [4.78, 5) is 17.8. The third kappa shape index (κ3) is 3.73. The number of amides is 1. The van der Waals surface area contributed by atoms with E-state index in [9.17, 15) is 4.79 Å². The van der Waals surface area contributed by atoms with Gasteiger partial charge in [0.1, 0.15) is 0 Å². The average molecular weight is 349 g/mol. The zero-order chi connectivity index (χ0) is 17.8. The van der Waals surface area contributed by atoms with Crippen molar-refractivity contribution in [2.75, 3.05) is 36.5 Å². The molecule has 1 aliphatic heterocycles. The largest absolute Gasteiger partial charge is 0.378 e. The number of nitrogens with one attached hydrogen (secondary N) is 2. The lowest BCUT2D eigenvalue weighted by Gasteiger charge is -2.28. The molecule has 2 N–H and O–H groups in total. The molecule has 1 amide bonds. The first-order valence-corrected chi connectivity index (χ1v) is 9.07. The second-order valence-corrected chi connectivity index (χ2v) is 6.55. The predicted octanol–water partition coefficient (Wildman–Crippen LogP) is 3.58. The standard InChI is InChI=1S/C21H23N3O2/c25-21(9-4-16-2-1-3-20-19(16)10-11-22-20)23-17-5-7-18(8-6-17)24-12-14-26-15-13-24/h1-3,5-8,10-11,22H,4,9,12-15H2,(H,23,25). The molecule has 1 aliphatic rings. The number of fused-ring (bicyclic) bond motifs is 1. The molecule has 3 aromatic rings. The maximum atomic E-state index is 12.3. The van der Waals surface area contributed by atoms with Gasteiger partial charge in [0.25, 0.3) is 0 Å². The number of rotatable bonds is 5. The number of benzene rings is 2. The molecule has 0 aliphatic carbocycles. The van der Waals surface area contributed by atoms with E-state index in [0.29, 0.717) is 6.42 Å². The molecule has 1 aromatic heterocycles. The number of aromatic amines is 1. The van der Waals surface area contributed by atoms with Crippen molar-refractivity contribution in [1.29, 1.82) is 0 Å². The number of aryl methyl sites for hydroxylation is 1. The monoisotopic (exact) mass is 349 g/mol. The van der Waals surface area contributed by atoms with E-state index in [4.69, 9.17) is 4.74 Å². The highest BCUT2D eigenvalue weighted by atomic mass is 16.5. The van der Waals surface area contributed by atoms with Crippen LogP contribution in [0.5, 0.6) is 0 Å². The molecule has 1 saturated heterocycles.